The molecule has 0 unspecified atom stereocenters. The predicted molar refractivity (Wildman–Crippen MR) is 126 cm³/mol. The summed E-state index contributed by atoms with van der Waals surface area (Å²) >= 11 is 0. The highest BCUT2D eigenvalue weighted by Gasteiger charge is 2.07. The number of aryl methyl sites for hydroxylation is 1. The zero-order valence-electron chi connectivity index (χ0n) is 16.9. The van der Waals surface area contributed by atoms with Gasteiger partial charge in [0.25, 0.3) is 0 Å². The van der Waals surface area contributed by atoms with E-state index in [1.807, 2.05) is 72.2 Å². The average molecular weight is 506 g/mol. The molecule has 3 aromatic rings. The first-order chi connectivity index (χ1) is 13.7. The normalized spacial score (nSPS) is 10.9. The van der Waals surface area contributed by atoms with E-state index in [9.17, 15) is 0 Å². The maximum Gasteiger partial charge on any atom is 0.193 e. The van der Waals surface area contributed by atoms with Crippen LogP contribution >= 0.6 is 24.0 Å². The molecule has 154 valence electrons. The lowest BCUT2D eigenvalue weighted by atomic mass is 10.3. The number of benzene rings is 1. The van der Waals surface area contributed by atoms with Gasteiger partial charge >= 0.3 is 0 Å². The molecule has 0 bridgehead atoms. The molecule has 7 nitrogen and oxygen atoms in total. The van der Waals surface area contributed by atoms with E-state index in [1.54, 1.807) is 13.2 Å². The molecule has 0 saturated heterocycles. The van der Waals surface area contributed by atoms with Gasteiger partial charge in [-0.3, -0.25) is 9.56 Å². The van der Waals surface area contributed by atoms with Crippen LogP contribution in [0.5, 0.6) is 5.75 Å². The number of halogens is 1. The average Bonchev–Trinajstić information content (AvgIpc) is 3.15. The van der Waals surface area contributed by atoms with E-state index in [4.69, 9.17) is 4.74 Å². The summed E-state index contributed by atoms with van der Waals surface area (Å²) in [5.74, 6) is 3.46. The van der Waals surface area contributed by atoms with Crippen LogP contribution in [0.25, 0.3) is 5.82 Å². The molecule has 1 aromatic carbocycles. The molecule has 3 rings (SSSR count). The number of nitrogens with one attached hydrogen (secondary N) is 1. The Morgan fingerprint density at radius 1 is 1.17 bits per heavy atom. The lowest BCUT2D eigenvalue weighted by Gasteiger charge is -2.22. The van der Waals surface area contributed by atoms with Crippen molar-refractivity contribution in [3.8, 4) is 11.6 Å². The number of guanidine groups is 1. The van der Waals surface area contributed by atoms with Crippen LogP contribution in [0.3, 0.4) is 0 Å². The minimum atomic E-state index is 0. The van der Waals surface area contributed by atoms with E-state index in [1.165, 1.54) is 0 Å². The fourth-order valence-electron chi connectivity index (χ4n) is 2.77. The SMILES string of the molecule is CN=C(NCc1ccc(-n2ccnc2C)nc1)N(C)CCOc1ccccc1.I. The molecule has 0 spiro atoms. The number of likely N-dealkylation sites (N-methyl/N-ethyl adjacent to an activating group) is 1. The molecule has 0 aliphatic carbocycles. The number of hydrogen-bond acceptors (Lipinski definition) is 4. The lowest BCUT2D eigenvalue weighted by molar-refractivity contribution is 0.281. The number of imidazole rings is 1. The third-order valence-corrected chi connectivity index (χ3v) is 4.34. The van der Waals surface area contributed by atoms with Gasteiger partial charge in [-0.15, -0.1) is 24.0 Å². The number of ether oxygens (including phenoxy) is 1. The molecular weight excluding hydrogens is 479 g/mol. The number of para-hydroxylation sites is 1. The van der Waals surface area contributed by atoms with E-state index in [-0.39, 0.29) is 24.0 Å². The highest BCUT2D eigenvalue weighted by Crippen LogP contribution is 2.09. The molecule has 0 saturated carbocycles. The molecule has 29 heavy (non-hydrogen) atoms. The molecule has 0 aliphatic rings. The predicted octanol–water partition coefficient (Wildman–Crippen LogP) is 3.28. The number of aliphatic imine (C=N–C) groups is 1. The fourth-order valence-corrected chi connectivity index (χ4v) is 2.77. The monoisotopic (exact) mass is 506 g/mol. The smallest absolute Gasteiger partial charge is 0.193 e. The minimum Gasteiger partial charge on any atom is -0.492 e. The molecule has 2 heterocycles. The first-order valence-corrected chi connectivity index (χ1v) is 9.22. The van der Waals surface area contributed by atoms with Crippen LogP contribution in [-0.4, -0.2) is 52.6 Å². The van der Waals surface area contributed by atoms with Gasteiger partial charge in [0.15, 0.2) is 5.96 Å². The Kier molecular flexibility index (Phi) is 8.91. The van der Waals surface area contributed by atoms with Crippen molar-refractivity contribution in [2.45, 2.75) is 13.5 Å². The quantitative estimate of drug-likeness (QED) is 0.303. The highest BCUT2D eigenvalue weighted by molar-refractivity contribution is 14.0. The van der Waals surface area contributed by atoms with Crippen molar-refractivity contribution in [2.24, 2.45) is 4.99 Å². The number of pyridine rings is 1. The van der Waals surface area contributed by atoms with Crippen molar-refractivity contribution in [3.05, 3.63) is 72.4 Å². The van der Waals surface area contributed by atoms with Gasteiger partial charge < -0.3 is 15.0 Å². The number of rotatable bonds is 7. The Bertz CT molecular complexity index is 895. The van der Waals surface area contributed by atoms with Gasteiger partial charge in [-0.25, -0.2) is 9.97 Å². The van der Waals surface area contributed by atoms with Gasteiger partial charge in [0.05, 0.1) is 6.54 Å². The summed E-state index contributed by atoms with van der Waals surface area (Å²) in [7, 11) is 3.77. The van der Waals surface area contributed by atoms with Crippen molar-refractivity contribution in [3.63, 3.8) is 0 Å². The third kappa shape index (κ3) is 6.45. The second-order valence-corrected chi connectivity index (χ2v) is 6.35. The van der Waals surface area contributed by atoms with E-state index in [0.29, 0.717) is 13.2 Å². The first-order valence-electron chi connectivity index (χ1n) is 9.22. The molecule has 2 aromatic heterocycles. The molecule has 0 amide bonds. The Hall–Kier alpha value is -2.62. The van der Waals surface area contributed by atoms with Crippen molar-refractivity contribution in [2.75, 3.05) is 27.2 Å². The van der Waals surface area contributed by atoms with Gasteiger partial charge in [-0.2, -0.15) is 0 Å². The van der Waals surface area contributed by atoms with Gasteiger partial charge in [0.1, 0.15) is 24.0 Å². The zero-order chi connectivity index (χ0) is 19.8. The summed E-state index contributed by atoms with van der Waals surface area (Å²) in [6, 6.07) is 13.9. The molecular formula is C21H27IN6O. The molecule has 8 heteroatoms. The van der Waals surface area contributed by atoms with Crippen LogP contribution in [0.4, 0.5) is 0 Å². The minimum absolute atomic E-state index is 0. The first kappa shape index (κ1) is 22.7. The van der Waals surface area contributed by atoms with E-state index in [0.717, 1.165) is 35.5 Å². The molecule has 0 aliphatic heterocycles. The number of aromatic nitrogens is 3. The maximum atomic E-state index is 5.75. The Morgan fingerprint density at radius 3 is 2.59 bits per heavy atom. The Labute approximate surface area is 188 Å². The fraction of sp³-hybridized carbons (Fsp3) is 0.286. The van der Waals surface area contributed by atoms with Crippen LogP contribution in [0, 0.1) is 6.92 Å². The summed E-state index contributed by atoms with van der Waals surface area (Å²) in [5.41, 5.74) is 1.08. The topological polar surface area (TPSA) is 67.6 Å². The van der Waals surface area contributed by atoms with E-state index >= 15 is 0 Å². The third-order valence-electron chi connectivity index (χ3n) is 4.34. The summed E-state index contributed by atoms with van der Waals surface area (Å²) in [6.07, 6.45) is 5.55. The zero-order valence-corrected chi connectivity index (χ0v) is 19.3. The van der Waals surface area contributed by atoms with Gasteiger partial charge in [0, 0.05) is 39.2 Å². The molecule has 1 N–H and O–H groups in total. The van der Waals surface area contributed by atoms with Crippen molar-refractivity contribution in [1.82, 2.24) is 24.8 Å². The highest BCUT2D eigenvalue weighted by atomic mass is 127. The molecule has 0 fully saturated rings. The summed E-state index contributed by atoms with van der Waals surface area (Å²) < 4.78 is 7.71. The summed E-state index contributed by atoms with van der Waals surface area (Å²) in [5, 5.41) is 3.36. The Morgan fingerprint density at radius 2 is 1.97 bits per heavy atom. The summed E-state index contributed by atoms with van der Waals surface area (Å²) in [4.78, 5) is 15.1. The van der Waals surface area contributed by atoms with E-state index in [2.05, 4.69) is 26.3 Å². The van der Waals surface area contributed by atoms with Crippen LogP contribution in [0.1, 0.15) is 11.4 Å². The standard InChI is InChI=1S/C21H26N6O.HI/c1-17-23-11-12-27(17)20-10-9-18(15-24-20)16-25-21(22-2)26(3)13-14-28-19-7-5-4-6-8-19;/h4-12,15H,13-14,16H2,1-3H3,(H,22,25);1H. The van der Waals surface area contributed by atoms with E-state index < -0.39 is 0 Å². The number of hydrogen-bond donors (Lipinski definition) is 1. The maximum absolute atomic E-state index is 5.75. The lowest BCUT2D eigenvalue weighted by Crippen LogP contribution is -2.40. The van der Waals surface area contributed by atoms with Gasteiger partial charge in [-0.05, 0) is 30.7 Å². The molecule has 0 radical (unpaired) electrons. The van der Waals surface area contributed by atoms with Gasteiger partial charge in [0.2, 0.25) is 0 Å². The van der Waals surface area contributed by atoms with Crippen LogP contribution in [-0.2, 0) is 6.54 Å². The van der Waals surface area contributed by atoms with Crippen LogP contribution in [0.2, 0.25) is 0 Å². The second-order valence-electron chi connectivity index (χ2n) is 6.35. The summed E-state index contributed by atoms with van der Waals surface area (Å²) in [6.45, 7) is 3.92. The number of nitrogens with zero attached hydrogens (tertiary/aromatic N) is 5. The van der Waals surface area contributed by atoms with Crippen molar-refractivity contribution < 1.29 is 4.74 Å². The van der Waals surface area contributed by atoms with Crippen molar-refractivity contribution in [1.29, 1.82) is 0 Å². The largest absolute Gasteiger partial charge is 0.492 e. The van der Waals surface area contributed by atoms with Crippen molar-refractivity contribution >= 4 is 29.9 Å². The van der Waals surface area contributed by atoms with Crippen LogP contribution in [0.15, 0.2) is 66.0 Å². The second kappa shape index (κ2) is 11.4. The Balaban J connectivity index is 0.00000300. The van der Waals surface area contributed by atoms with Gasteiger partial charge in [-0.1, -0.05) is 24.3 Å². The molecule has 0 atom stereocenters. The van der Waals surface area contributed by atoms with Crippen LogP contribution < -0.4 is 10.1 Å².